The van der Waals surface area contributed by atoms with Gasteiger partial charge in [0.15, 0.2) is 0 Å². The summed E-state index contributed by atoms with van der Waals surface area (Å²) in [7, 11) is 0. The summed E-state index contributed by atoms with van der Waals surface area (Å²) in [6.07, 6.45) is 1.47. The van der Waals surface area contributed by atoms with Gasteiger partial charge in [0.1, 0.15) is 0 Å². The highest BCUT2D eigenvalue weighted by Gasteiger charge is 2.12. The molecular formula is C14H21NO3. The van der Waals surface area contributed by atoms with Crippen LogP contribution in [-0.2, 0) is 11.2 Å². The van der Waals surface area contributed by atoms with Crippen LogP contribution in [0.1, 0.15) is 25.3 Å². The first-order chi connectivity index (χ1) is 8.61. The second-order valence-corrected chi connectivity index (χ2v) is 4.57. The van der Waals surface area contributed by atoms with Crippen molar-refractivity contribution in [1.82, 2.24) is 5.32 Å². The van der Waals surface area contributed by atoms with E-state index in [-0.39, 0.29) is 25.1 Å². The average molecular weight is 251 g/mol. The zero-order valence-electron chi connectivity index (χ0n) is 10.7. The number of aliphatic hydroxyl groups is 1. The molecule has 0 saturated carbocycles. The lowest BCUT2D eigenvalue weighted by Gasteiger charge is -2.21. The van der Waals surface area contributed by atoms with Gasteiger partial charge in [-0.2, -0.15) is 0 Å². The topological polar surface area (TPSA) is 69.6 Å². The van der Waals surface area contributed by atoms with Gasteiger partial charge in [0.25, 0.3) is 0 Å². The van der Waals surface area contributed by atoms with Crippen LogP contribution in [0.3, 0.4) is 0 Å². The molecule has 0 aromatic heterocycles. The molecule has 4 heteroatoms. The summed E-state index contributed by atoms with van der Waals surface area (Å²) in [4.78, 5) is 10.5. The molecule has 1 aromatic rings. The quantitative estimate of drug-likeness (QED) is 0.654. The van der Waals surface area contributed by atoms with Crippen LogP contribution >= 0.6 is 0 Å². The molecule has 0 radical (unpaired) electrons. The molecule has 0 saturated heterocycles. The zero-order valence-corrected chi connectivity index (χ0v) is 10.7. The van der Waals surface area contributed by atoms with E-state index in [0.29, 0.717) is 6.42 Å². The first-order valence-corrected chi connectivity index (χ1v) is 6.24. The Morgan fingerprint density at radius 2 is 2.00 bits per heavy atom. The van der Waals surface area contributed by atoms with E-state index in [9.17, 15) is 9.90 Å². The summed E-state index contributed by atoms with van der Waals surface area (Å²) in [5.74, 6) is -0.785. The highest BCUT2D eigenvalue weighted by atomic mass is 16.4. The van der Waals surface area contributed by atoms with E-state index in [2.05, 4.69) is 5.32 Å². The minimum Gasteiger partial charge on any atom is -0.481 e. The minimum atomic E-state index is -0.785. The van der Waals surface area contributed by atoms with Crippen molar-refractivity contribution in [2.45, 2.75) is 38.3 Å². The first-order valence-electron chi connectivity index (χ1n) is 6.24. The van der Waals surface area contributed by atoms with E-state index >= 15 is 0 Å². The van der Waals surface area contributed by atoms with Gasteiger partial charge in [-0.25, -0.2) is 0 Å². The molecule has 0 bridgehead atoms. The number of hydrogen-bond donors (Lipinski definition) is 3. The van der Waals surface area contributed by atoms with Gasteiger partial charge in [0.2, 0.25) is 0 Å². The highest BCUT2D eigenvalue weighted by Crippen LogP contribution is 2.05. The number of carbonyl (C=O) groups is 1. The number of carboxylic acid groups (broad SMARTS) is 1. The Labute approximate surface area is 108 Å². The predicted octanol–water partition coefficient (Wildman–Crippen LogP) is 1.43. The molecule has 1 aromatic carbocycles. The first kappa shape index (κ1) is 14.7. The van der Waals surface area contributed by atoms with Crippen LogP contribution in [0.2, 0.25) is 0 Å². The molecule has 100 valence electrons. The Bertz CT molecular complexity index is 353. The van der Waals surface area contributed by atoms with Crippen LogP contribution in [0.25, 0.3) is 0 Å². The molecule has 0 aliphatic heterocycles. The van der Waals surface area contributed by atoms with E-state index in [1.165, 1.54) is 0 Å². The molecule has 4 nitrogen and oxygen atoms in total. The van der Waals surface area contributed by atoms with E-state index in [4.69, 9.17) is 5.11 Å². The fourth-order valence-electron chi connectivity index (χ4n) is 1.90. The van der Waals surface area contributed by atoms with Crippen LogP contribution in [0, 0.1) is 0 Å². The maximum Gasteiger partial charge on any atom is 0.303 e. The Balaban J connectivity index is 2.39. The van der Waals surface area contributed by atoms with Gasteiger partial charge in [0.05, 0.1) is 6.61 Å². The van der Waals surface area contributed by atoms with E-state index in [1.807, 2.05) is 37.3 Å². The third-order valence-electron chi connectivity index (χ3n) is 2.86. The fourth-order valence-corrected chi connectivity index (χ4v) is 1.90. The highest BCUT2D eigenvalue weighted by molar-refractivity contribution is 5.66. The third-order valence-corrected chi connectivity index (χ3v) is 2.86. The molecule has 1 unspecified atom stereocenters. The van der Waals surface area contributed by atoms with Crippen molar-refractivity contribution < 1.29 is 15.0 Å². The lowest BCUT2D eigenvalue weighted by molar-refractivity contribution is -0.137. The monoisotopic (exact) mass is 251 g/mol. The summed E-state index contributed by atoms with van der Waals surface area (Å²) in [6, 6.07) is 9.99. The lowest BCUT2D eigenvalue weighted by atomic mass is 10.0. The summed E-state index contributed by atoms with van der Waals surface area (Å²) >= 11 is 0. The Morgan fingerprint density at radius 1 is 1.33 bits per heavy atom. The fraction of sp³-hybridized carbons (Fsp3) is 0.500. The standard InChI is InChI=1S/C14H21NO3/c1-11(7-8-14(17)18)15-13(10-16)9-12-5-3-2-4-6-12/h2-6,11,13,15-16H,7-10H2,1H3,(H,17,18)/t11?,13-/m1/s1. The molecule has 18 heavy (non-hydrogen) atoms. The number of aliphatic hydroxyl groups excluding tert-OH is 1. The van der Waals surface area contributed by atoms with Crippen LogP contribution in [0.5, 0.6) is 0 Å². The van der Waals surface area contributed by atoms with Gasteiger partial charge >= 0.3 is 5.97 Å². The molecule has 2 atom stereocenters. The van der Waals surface area contributed by atoms with Crippen LogP contribution < -0.4 is 5.32 Å². The minimum absolute atomic E-state index is 0.0313. The Morgan fingerprint density at radius 3 is 2.56 bits per heavy atom. The summed E-state index contributed by atoms with van der Waals surface area (Å²) in [6.45, 7) is 1.99. The molecule has 0 fully saturated rings. The van der Waals surface area contributed by atoms with Gasteiger partial charge in [-0.3, -0.25) is 4.79 Å². The predicted molar refractivity (Wildman–Crippen MR) is 70.5 cm³/mol. The number of benzene rings is 1. The largest absolute Gasteiger partial charge is 0.481 e. The normalized spacial score (nSPS) is 14.1. The van der Waals surface area contributed by atoms with Crippen LogP contribution in [0.4, 0.5) is 0 Å². The Kier molecular flexibility index (Phi) is 6.39. The maximum absolute atomic E-state index is 10.5. The van der Waals surface area contributed by atoms with E-state index in [0.717, 1.165) is 12.0 Å². The second kappa shape index (κ2) is 7.84. The van der Waals surface area contributed by atoms with Crippen molar-refractivity contribution in [3.63, 3.8) is 0 Å². The number of rotatable bonds is 8. The van der Waals surface area contributed by atoms with Gasteiger partial charge in [-0.15, -0.1) is 0 Å². The van der Waals surface area contributed by atoms with E-state index in [1.54, 1.807) is 0 Å². The smallest absolute Gasteiger partial charge is 0.303 e. The summed E-state index contributed by atoms with van der Waals surface area (Å²) in [5, 5.41) is 21.2. The summed E-state index contributed by atoms with van der Waals surface area (Å²) < 4.78 is 0. The molecule has 0 heterocycles. The molecule has 0 aliphatic rings. The molecular weight excluding hydrogens is 230 g/mol. The number of aliphatic carboxylic acids is 1. The zero-order chi connectivity index (χ0) is 13.4. The van der Waals surface area contributed by atoms with Gasteiger partial charge in [-0.05, 0) is 25.3 Å². The van der Waals surface area contributed by atoms with Crippen LogP contribution in [0.15, 0.2) is 30.3 Å². The molecule has 0 spiro atoms. The van der Waals surface area contributed by atoms with Gasteiger partial charge in [0, 0.05) is 18.5 Å². The van der Waals surface area contributed by atoms with Crippen molar-refractivity contribution in [3.05, 3.63) is 35.9 Å². The van der Waals surface area contributed by atoms with Crippen molar-refractivity contribution in [1.29, 1.82) is 0 Å². The van der Waals surface area contributed by atoms with Gasteiger partial charge < -0.3 is 15.5 Å². The van der Waals surface area contributed by atoms with Crippen molar-refractivity contribution >= 4 is 5.97 Å². The van der Waals surface area contributed by atoms with Crippen molar-refractivity contribution in [3.8, 4) is 0 Å². The van der Waals surface area contributed by atoms with Crippen LogP contribution in [-0.4, -0.2) is 34.9 Å². The average Bonchev–Trinajstić information content (AvgIpc) is 2.37. The number of nitrogens with one attached hydrogen (secondary N) is 1. The molecule has 3 N–H and O–H groups in total. The number of carboxylic acids is 1. The lowest BCUT2D eigenvalue weighted by Crippen LogP contribution is -2.40. The molecule has 0 aliphatic carbocycles. The Hall–Kier alpha value is -1.39. The van der Waals surface area contributed by atoms with E-state index < -0.39 is 5.97 Å². The molecule has 1 rings (SSSR count). The number of hydrogen-bond acceptors (Lipinski definition) is 3. The third kappa shape index (κ3) is 5.80. The summed E-state index contributed by atoms with van der Waals surface area (Å²) in [5.41, 5.74) is 1.16. The maximum atomic E-state index is 10.5. The van der Waals surface area contributed by atoms with Gasteiger partial charge in [-0.1, -0.05) is 30.3 Å². The second-order valence-electron chi connectivity index (χ2n) is 4.57. The van der Waals surface area contributed by atoms with Crippen molar-refractivity contribution in [2.75, 3.05) is 6.61 Å². The van der Waals surface area contributed by atoms with Crippen molar-refractivity contribution in [2.24, 2.45) is 0 Å². The molecule has 0 amide bonds. The SMILES string of the molecule is CC(CCC(=O)O)N[C@@H](CO)Cc1ccccc1.